The monoisotopic (exact) mass is 424 g/mol. The van der Waals surface area contributed by atoms with Crippen LogP contribution in [0.25, 0.3) is 0 Å². The second-order valence-electron chi connectivity index (χ2n) is 6.94. The van der Waals surface area contributed by atoms with Gasteiger partial charge in [-0.25, -0.2) is 0 Å². The van der Waals surface area contributed by atoms with Crippen molar-refractivity contribution in [1.29, 1.82) is 0 Å². The zero-order valence-corrected chi connectivity index (χ0v) is 17.6. The molecule has 1 unspecified atom stereocenters. The number of nitrogens with zero attached hydrogens (tertiary/aromatic N) is 3. The smallest absolute Gasteiger partial charge is 0.318 e. The highest BCUT2D eigenvalue weighted by Crippen LogP contribution is 2.25. The van der Waals surface area contributed by atoms with Crippen molar-refractivity contribution in [2.45, 2.75) is 12.5 Å². The molecular weight excluding hydrogens is 400 g/mol. The zero-order valence-electron chi connectivity index (χ0n) is 16.8. The van der Waals surface area contributed by atoms with E-state index in [1.807, 2.05) is 54.2 Å². The minimum atomic E-state index is -0.453. The highest BCUT2D eigenvalue weighted by atomic mass is 32.2. The number of carbonyl (C=O) groups excluding carboxylic acids is 1. The van der Waals surface area contributed by atoms with Gasteiger partial charge in [0.05, 0.1) is 12.7 Å². The first-order valence-corrected chi connectivity index (χ1v) is 11.0. The molecule has 0 spiro atoms. The van der Waals surface area contributed by atoms with Crippen molar-refractivity contribution in [3.8, 4) is 5.75 Å². The Bertz CT molecular complexity index is 973. The molecule has 1 atom stereocenters. The molecule has 0 radical (unpaired) electrons. The molecule has 1 amide bonds. The van der Waals surface area contributed by atoms with Crippen LogP contribution in [0.5, 0.6) is 5.75 Å². The molecule has 1 aromatic heterocycles. The number of aromatic nitrogens is 2. The normalized spacial score (nSPS) is 14.9. The molecule has 1 N–H and O–H groups in total. The van der Waals surface area contributed by atoms with E-state index in [0.717, 1.165) is 30.2 Å². The summed E-state index contributed by atoms with van der Waals surface area (Å²) in [6, 6.07) is 17.1. The van der Waals surface area contributed by atoms with E-state index in [2.05, 4.69) is 20.4 Å². The number of carbonyl (C=O) groups is 1. The van der Waals surface area contributed by atoms with Crippen LogP contribution >= 0.6 is 11.8 Å². The molecule has 0 saturated carbocycles. The van der Waals surface area contributed by atoms with Gasteiger partial charge in [0.15, 0.2) is 0 Å². The van der Waals surface area contributed by atoms with Crippen molar-refractivity contribution in [2.24, 2.45) is 0 Å². The molecule has 1 saturated heterocycles. The molecule has 30 heavy (non-hydrogen) atoms. The summed E-state index contributed by atoms with van der Waals surface area (Å²) in [4.78, 5) is 15.1. The lowest BCUT2D eigenvalue weighted by Gasteiger charge is -2.24. The highest BCUT2D eigenvalue weighted by molar-refractivity contribution is 7.99. The summed E-state index contributed by atoms with van der Waals surface area (Å²) < 4.78 is 11.3. The summed E-state index contributed by atoms with van der Waals surface area (Å²) in [6.07, 6.45) is 0.541. The van der Waals surface area contributed by atoms with Crippen LogP contribution < -0.4 is 15.0 Å². The van der Waals surface area contributed by atoms with Crippen LogP contribution in [0.4, 0.5) is 6.01 Å². The van der Waals surface area contributed by atoms with Crippen molar-refractivity contribution in [3.05, 3.63) is 71.6 Å². The summed E-state index contributed by atoms with van der Waals surface area (Å²) in [6.45, 7) is 1.76. The van der Waals surface area contributed by atoms with Gasteiger partial charge in [-0.2, -0.15) is 11.8 Å². The summed E-state index contributed by atoms with van der Waals surface area (Å²) >= 11 is 1.92. The minimum absolute atomic E-state index is 0.248. The fourth-order valence-electron chi connectivity index (χ4n) is 3.37. The second kappa shape index (κ2) is 9.67. The van der Waals surface area contributed by atoms with Crippen molar-refractivity contribution in [1.82, 2.24) is 15.5 Å². The van der Waals surface area contributed by atoms with Crippen LogP contribution in [0.2, 0.25) is 0 Å². The molecule has 1 fully saturated rings. The number of para-hydroxylation sites is 1. The van der Waals surface area contributed by atoms with Gasteiger partial charge in [-0.15, -0.1) is 5.10 Å². The van der Waals surface area contributed by atoms with Gasteiger partial charge in [-0.05, 0) is 17.7 Å². The van der Waals surface area contributed by atoms with Crippen molar-refractivity contribution >= 4 is 23.7 Å². The third-order valence-corrected chi connectivity index (χ3v) is 5.89. The van der Waals surface area contributed by atoms with Gasteiger partial charge >= 0.3 is 6.01 Å². The number of thioether (sulfide) groups is 1. The molecule has 8 heteroatoms. The lowest BCUT2D eigenvalue weighted by atomic mass is 10.1. The summed E-state index contributed by atoms with van der Waals surface area (Å²) in [5.74, 6) is 2.74. The summed E-state index contributed by atoms with van der Waals surface area (Å²) in [5, 5.41) is 11.6. The van der Waals surface area contributed by atoms with Crippen LogP contribution in [0.15, 0.2) is 59.0 Å². The standard InChI is InChI=1S/C22H24N4O3S/c1-28-19-10-6-5-9-17(19)20(27)23-18(15-16-7-3-2-4-8-16)21-24-25-22(29-21)26-11-13-30-14-12-26/h2-10,18H,11-15H2,1H3,(H,23,27). The Balaban J connectivity index is 1.58. The summed E-state index contributed by atoms with van der Waals surface area (Å²) in [5.41, 5.74) is 1.53. The van der Waals surface area contributed by atoms with Crippen LogP contribution in [-0.4, -0.2) is 47.8 Å². The third kappa shape index (κ3) is 4.76. The second-order valence-corrected chi connectivity index (χ2v) is 8.16. The summed E-state index contributed by atoms with van der Waals surface area (Å²) in [7, 11) is 1.55. The van der Waals surface area contributed by atoms with E-state index in [-0.39, 0.29) is 5.91 Å². The molecule has 0 bridgehead atoms. The van der Waals surface area contributed by atoms with Gasteiger partial charge in [0.25, 0.3) is 5.91 Å². The molecule has 7 nitrogen and oxygen atoms in total. The quantitative estimate of drug-likeness (QED) is 0.623. The number of methoxy groups -OCH3 is 1. The Hall–Kier alpha value is -3.00. The van der Waals surface area contributed by atoms with Gasteiger partial charge in [0, 0.05) is 31.0 Å². The van der Waals surface area contributed by atoms with Gasteiger partial charge < -0.3 is 19.4 Å². The fourth-order valence-corrected chi connectivity index (χ4v) is 4.27. The maximum Gasteiger partial charge on any atom is 0.318 e. The number of amides is 1. The number of rotatable bonds is 7. The van der Waals surface area contributed by atoms with Gasteiger partial charge in [-0.1, -0.05) is 47.6 Å². The maximum atomic E-state index is 13.0. The Morgan fingerprint density at radius 2 is 1.87 bits per heavy atom. The number of hydrogen-bond donors (Lipinski definition) is 1. The van der Waals surface area contributed by atoms with Gasteiger partial charge in [0.2, 0.25) is 5.89 Å². The molecule has 156 valence electrons. The molecule has 2 heterocycles. The van der Waals surface area contributed by atoms with Crippen LogP contribution in [-0.2, 0) is 6.42 Å². The Kier molecular flexibility index (Phi) is 6.53. The average Bonchev–Trinajstić information content (AvgIpc) is 3.30. The van der Waals surface area contributed by atoms with E-state index in [9.17, 15) is 4.79 Å². The van der Waals surface area contributed by atoms with Crippen molar-refractivity contribution in [3.63, 3.8) is 0 Å². The number of nitrogens with one attached hydrogen (secondary N) is 1. The first-order valence-electron chi connectivity index (χ1n) is 9.88. The minimum Gasteiger partial charge on any atom is -0.496 e. The highest BCUT2D eigenvalue weighted by Gasteiger charge is 2.25. The average molecular weight is 425 g/mol. The SMILES string of the molecule is COc1ccccc1C(=O)NC(Cc1ccccc1)c1nnc(N2CCSCC2)o1. The number of benzene rings is 2. The molecule has 0 aliphatic carbocycles. The van der Waals surface area contributed by atoms with Gasteiger partial charge in [0.1, 0.15) is 11.8 Å². The van der Waals surface area contributed by atoms with Crippen LogP contribution in [0.1, 0.15) is 27.9 Å². The molecular formula is C22H24N4O3S. The Labute approximate surface area is 179 Å². The largest absolute Gasteiger partial charge is 0.496 e. The lowest BCUT2D eigenvalue weighted by molar-refractivity contribution is 0.0927. The van der Waals surface area contributed by atoms with E-state index in [1.165, 1.54) is 0 Å². The maximum absolute atomic E-state index is 13.0. The van der Waals surface area contributed by atoms with Gasteiger partial charge in [-0.3, -0.25) is 4.79 Å². The molecule has 3 aromatic rings. The van der Waals surface area contributed by atoms with E-state index in [1.54, 1.807) is 19.2 Å². The Morgan fingerprint density at radius 1 is 1.13 bits per heavy atom. The lowest BCUT2D eigenvalue weighted by Crippen LogP contribution is -2.32. The number of anilines is 1. The van der Waals surface area contributed by atoms with E-state index < -0.39 is 6.04 Å². The fraction of sp³-hybridized carbons (Fsp3) is 0.318. The molecule has 2 aromatic carbocycles. The predicted octanol–water partition coefficient (Wildman–Crippen LogP) is 3.35. The number of hydrogen-bond acceptors (Lipinski definition) is 7. The number of ether oxygens (including phenoxy) is 1. The Morgan fingerprint density at radius 3 is 2.63 bits per heavy atom. The van der Waals surface area contributed by atoms with E-state index in [0.29, 0.717) is 29.6 Å². The molecule has 4 rings (SSSR count). The topological polar surface area (TPSA) is 80.5 Å². The first kappa shape index (κ1) is 20.3. The van der Waals surface area contributed by atoms with Crippen molar-refractivity contribution < 1.29 is 13.9 Å². The molecule has 1 aliphatic heterocycles. The predicted molar refractivity (Wildman–Crippen MR) is 117 cm³/mol. The van der Waals surface area contributed by atoms with E-state index >= 15 is 0 Å². The van der Waals surface area contributed by atoms with Crippen molar-refractivity contribution in [2.75, 3.05) is 36.6 Å². The van der Waals surface area contributed by atoms with Crippen LogP contribution in [0, 0.1) is 0 Å². The van der Waals surface area contributed by atoms with Crippen LogP contribution in [0.3, 0.4) is 0 Å². The third-order valence-electron chi connectivity index (χ3n) is 4.95. The molecule has 1 aliphatic rings. The first-order chi connectivity index (χ1) is 14.7. The zero-order chi connectivity index (χ0) is 20.8. The van der Waals surface area contributed by atoms with E-state index in [4.69, 9.17) is 9.15 Å².